The second kappa shape index (κ2) is 6.84. The maximum atomic E-state index is 11.9. The lowest BCUT2D eigenvalue weighted by Gasteiger charge is -2.06. The lowest BCUT2D eigenvalue weighted by Crippen LogP contribution is -2.16. The van der Waals surface area contributed by atoms with Gasteiger partial charge in [0.25, 0.3) is 10.0 Å². The Labute approximate surface area is 170 Å². The molecule has 144 valence electrons. The van der Waals surface area contributed by atoms with Gasteiger partial charge in [0.05, 0.1) is 18.4 Å². The van der Waals surface area contributed by atoms with E-state index in [1.165, 1.54) is 0 Å². The maximum absolute atomic E-state index is 11.9. The van der Waals surface area contributed by atoms with Crippen LogP contribution in [0.3, 0.4) is 0 Å². The number of fused-ring (bicyclic) bond motifs is 1. The average Bonchev–Trinajstić information content (AvgIpc) is 3.20. The van der Waals surface area contributed by atoms with E-state index in [9.17, 15) is 8.42 Å². The summed E-state index contributed by atoms with van der Waals surface area (Å²) in [6.45, 7) is 0. The van der Waals surface area contributed by atoms with Gasteiger partial charge in [-0.1, -0.05) is 47.5 Å². The number of benzene rings is 2. The van der Waals surface area contributed by atoms with Crippen LogP contribution >= 0.6 is 23.2 Å². The van der Waals surface area contributed by atoms with Crippen molar-refractivity contribution in [3.63, 3.8) is 0 Å². The quantitative estimate of drug-likeness (QED) is 0.487. The Morgan fingerprint density at radius 2 is 1.89 bits per heavy atom. The highest BCUT2D eigenvalue weighted by Crippen LogP contribution is 2.35. The van der Waals surface area contributed by atoms with Crippen molar-refractivity contribution in [2.75, 3.05) is 6.26 Å². The van der Waals surface area contributed by atoms with Crippen LogP contribution in [0.5, 0.6) is 0 Å². The van der Waals surface area contributed by atoms with Gasteiger partial charge in [-0.2, -0.15) is 5.10 Å². The van der Waals surface area contributed by atoms with Gasteiger partial charge in [0.15, 0.2) is 5.82 Å². The maximum Gasteiger partial charge on any atom is 0.254 e. The Hall–Kier alpha value is -2.49. The molecular formula is C17H14Cl2N6O2S. The van der Waals surface area contributed by atoms with Gasteiger partial charge in [-0.3, -0.25) is 4.68 Å². The predicted octanol–water partition coefficient (Wildman–Crippen LogP) is 2.93. The van der Waals surface area contributed by atoms with Gasteiger partial charge >= 0.3 is 0 Å². The molecule has 0 spiro atoms. The summed E-state index contributed by atoms with van der Waals surface area (Å²) in [6, 6.07) is 11.0. The molecule has 8 nitrogen and oxygen atoms in total. The molecule has 0 fully saturated rings. The zero-order valence-corrected chi connectivity index (χ0v) is 17.2. The molecular weight excluding hydrogens is 423 g/mol. The fraction of sp³-hybridized carbons (Fsp3) is 0.176. The molecule has 11 heteroatoms. The second-order valence-corrected chi connectivity index (χ2v) is 8.93. The molecule has 2 heterocycles. The third-order valence-electron chi connectivity index (χ3n) is 4.35. The minimum Gasteiger partial charge on any atom is -0.271 e. The number of nitrogens with zero attached hydrogens (tertiary/aromatic N) is 6. The Morgan fingerprint density at radius 1 is 1.11 bits per heavy atom. The molecule has 28 heavy (non-hydrogen) atoms. The Morgan fingerprint density at radius 3 is 2.61 bits per heavy atom. The minimum atomic E-state index is -3.60. The van der Waals surface area contributed by atoms with Crippen LogP contribution in [0.2, 0.25) is 10.0 Å². The highest BCUT2D eigenvalue weighted by atomic mass is 35.5. The summed E-state index contributed by atoms with van der Waals surface area (Å²) in [5.41, 5.74) is 3.18. The molecule has 0 saturated heterocycles. The Kier molecular flexibility index (Phi) is 4.60. The van der Waals surface area contributed by atoms with Crippen molar-refractivity contribution in [2.24, 2.45) is 7.05 Å². The molecule has 0 aliphatic rings. The lowest BCUT2D eigenvalue weighted by atomic mass is 10.0. The van der Waals surface area contributed by atoms with E-state index >= 15 is 0 Å². The van der Waals surface area contributed by atoms with Crippen LogP contribution in [-0.2, 0) is 23.5 Å². The largest absolute Gasteiger partial charge is 0.271 e. The van der Waals surface area contributed by atoms with Crippen molar-refractivity contribution in [3.05, 3.63) is 58.0 Å². The first-order valence-electron chi connectivity index (χ1n) is 8.13. The summed E-state index contributed by atoms with van der Waals surface area (Å²) in [5.74, 6) is 0.210. The number of hydrogen-bond donors (Lipinski definition) is 0. The van der Waals surface area contributed by atoms with Crippen LogP contribution in [0.25, 0.3) is 22.0 Å². The fourth-order valence-corrected chi connectivity index (χ4v) is 4.27. The van der Waals surface area contributed by atoms with Gasteiger partial charge in [0, 0.05) is 33.6 Å². The first-order valence-corrected chi connectivity index (χ1v) is 10.7. The van der Waals surface area contributed by atoms with Crippen LogP contribution in [0.1, 0.15) is 11.5 Å². The first kappa shape index (κ1) is 18.9. The van der Waals surface area contributed by atoms with Gasteiger partial charge in [-0.15, -0.1) is 9.19 Å². The summed E-state index contributed by atoms with van der Waals surface area (Å²) in [5, 5.41) is 17.5. The van der Waals surface area contributed by atoms with Gasteiger partial charge in [0.2, 0.25) is 0 Å². The van der Waals surface area contributed by atoms with Crippen LogP contribution in [-0.4, -0.2) is 44.1 Å². The predicted molar refractivity (Wildman–Crippen MR) is 107 cm³/mol. The number of hydrogen-bond acceptors (Lipinski definition) is 6. The summed E-state index contributed by atoms with van der Waals surface area (Å²) < 4.78 is 26.3. The van der Waals surface area contributed by atoms with Crippen molar-refractivity contribution in [2.45, 2.75) is 6.42 Å². The zero-order chi connectivity index (χ0) is 20.1. The standard InChI is InChI=1S/C17H14Cl2N6O2S/c1-24-15(9-16-20-22-23-25(16)28(2,26)27)13-5-3-4-12(17(13)21-24)11-7-6-10(18)8-14(11)19/h3-8H,9H2,1-2H3. The summed E-state index contributed by atoms with van der Waals surface area (Å²) >= 11 is 12.4. The molecule has 0 aliphatic carbocycles. The highest BCUT2D eigenvalue weighted by molar-refractivity contribution is 7.89. The number of tetrazole rings is 1. The average molecular weight is 437 g/mol. The van der Waals surface area contributed by atoms with E-state index in [0.717, 1.165) is 38.1 Å². The Balaban J connectivity index is 1.87. The van der Waals surface area contributed by atoms with Gasteiger partial charge in [0.1, 0.15) is 5.52 Å². The van der Waals surface area contributed by atoms with E-state index in [0.29, 0.717) is 10.0 Å². The second-order valence-electron chi connectivity index (χ2n) is 6.27. The van der Waals surface area contributed by atoms with Crippen LogP contribution in [0.4, 0.5) is 0 Å². The first-order chi connectivity index (χ1) is 13.3. The lowest BCUT2D eigenvalue weighted by molar-refractivity contribution is 0.580. The molecule has 2 aromatic heterocycles. The highest BCUT2D eigenvalue weighted by Gasteiger charge is 2.20. The molecule has 0 radical (unpaired) electrons. The number of halogens is 2. The molecule has 0 N–H and O–H groups in total. The molecule has 0 unspecified atom stereocenters. The van der Waals surface area contributed by atoms with Gasteiger partial charge in [-0.05, 0) is 22.6 Å². The van der Waals surface area contributed by atoms with Crippen molar-refractivity contribution < 1.29 is 8.42 Å². The normalized spacial score (nSPS) is 12.0. The van der Waals surface area contributed by atoms with E-state index in [1.807, 2.05) is 24.3 Å². The molecule has 0 aliphatic heterocycles. The summed E-state index contributed by atoms with van der Waals surface area (Å²) in [6.07, 6.45) is 1.25. The third kappa shape index (κ3) is 3.25. The Bertz CT molecular complexity index is 1310. The van der Waals surface area contributed by atoms with Crippen LogP contribution < -0.4 is 0 Å². The SMILES string of the molecule is Cn1nc2c(-c3ccc(Cl)cc3Cl)cccc2c1Cc1nnnn1S(C)(=O)=O. The minimum absolute atomic E-state index is 0.199. The van der Waals surface area contributed by atoms with Crippen molar-refractivity contribution >= 4 is 44.1 Å². The molecule has 0 saturated carbocycles. The van der Waals surface area contributed by atoms with E-state index in [1.54, 1.807) is 23.9 Å². The van der Waals surface area contributed by atoms with Crippen molar-refractivity contribution in [3.8, 4) is 11.1 Å². The van der Waals surface area contributed by atoms with E-state index < -0.39 is 10.0 Å². The van der Waals surface area contributed by atoms with E-state index in [-0.39, 0.29) is 12.2 Å². The van der Waals surface area contributed by atoms with Crippen LogP contribution in [0.15, 0.2) is 36.4 Å². The molecule has 2 aromatic carbocycles. The summed E-state index contributed by atoms with van der Waals surface area (Å²) in [4.78, 5) is 0. The van der Waals surface area contributed by atoms with Crippen molar-refractivity contribution in [1.29, 1.82) is 0 Å². The monoisotopic (exact) mass is 436 g/mol. The topological polar surface area (TPSA) is 95.6 Å². The molecule has 0 atom stereocenters. The van der Waals surface area contributed by atoms with E-state index in [4.69, 9.17) is 23.2 Å². The number of aromatic nitrogens is 6. The van der Waals surface area contributed by atoms with E-state index in [2.05, 4.69) is 20.6 Å². The van der Waals surface area contributed by atoms with Gasteiger partial charge < -0.3 is 0 Å². The molecule has 0 amide bonds. The number of rotatable bonds is 4. The van der Waals surface area contributed by atoms with Crippen LogP contribution in [0, 0.1) is 0 Å². The molecule has 4 aromatic rings. The van der Waals surface area contributed by atoms with Crippen molar-refractivity contribution in [1.82, 2.24) is 29.4 Å². The third-order valence-corrected chi connectivity index (χ3v) is 5.81. The molecule has 4 rings (SSSR count). The fourth-order valence-electron chi connectivity index (χ4n) is 3.11. The van der Waals surface area contributed by atoms with Gasteiger partial charge in [-0.25, -0.2) is 8.42 Å². The zero-order valence-electron chi connectivity index (χ0n) is 14.8. The molecule has 0 bridgehead atoms. The number of aryl methyl sites for hydroxylation is 1. The smallest absolute Gasteiger partial charge is 0.254 e. The summed E-state index contributed by atoms with van der Waals surface area (Å²) in [7, 11) is -1.81.